The van der Waals surface area contributed by atoms with Crippen LogP contribution >= 0.6 is 0 Å². The lowest BCUT2D eigenvalue weighted by Crippen LogP contribution is -2.57. The molecule has 0 amide bonds. The predicted octanol–water partition coefficient (Wildman–Crippen LogP) is 1.25. The number of ketones is 1. The monoisotopic (exact) mass is 153 g/mol. The highest BCUT2D eigenvalue weighted by molar-refractivity contribution is 5.81. The number of piperidine rings is 2. The van der Waals surface area contributed by atoms with Gasteiger partial charge in [-0.05, 0) is 19.8 Å². The lowest BCUT2D eigenvalue weighted by Gasteiger charge is -2.43. The van der Waals surface area contributed by atoms with Crippen LogP contribution in [0.2, 0.25) is 0 Å². The Hall–Kier alpha value is -0.370. The van der Waals surface area contributed by atoms with Gasteiger partial charge in [0, 0.05) is 24.4 Å². The molecule has 2 bridgehead atoms. The lowest BCUT2D eigenvalue weighted by atomic mass is 9.77. The lowest BCUT2D eigenvalue weighted by molar-refractivity contribution is -0.124. The Balaban J connectivity index is 2.15. The molecule has 2 fully saturated rings. The fraction of sp³-hybridized carbons (Fsp3) is 0.889. The van der Waals surface area contributed by atoms with Gasteiger partial charge >= 0.3 is 0 Å². The molecule has 2 saturated heterocycles. The molecule has 1 N–H and O–H groups in total. The molecule has 11 heavy (non-hydrogen) atoms. The van der Waals surface area contributed by atoms with Gasteiger partial charge in [-0.3, -0.25) is 4.79 Å². The summed E-state index contributed by atoms with van der Waals surface area (Å²) in [6, 6.07) is 0.495. The highest BCUT2D eigenvalue weighted by Crippen LogP contribution is 2.31. The topological polar surface area (TPSA) is 29.1 Å². The van der Waals surface area contributed by atoms with E-state index in [4.69, 9.17) is 0 Å². The Morgan fingerprint density at radius 1 is 1.64 bits per heavy atom. The maximum absolute atomic E-state index is 11.2. The van der Waals surface area contributed by atoms with Crippen molar-refractivity contribution in [2.75, 3.05) is 0 Å². The molecule has 62 valence electrons. The van der Waals surface area contributed by atoms with Crippen LogP contribution in [0.4, 0.5) is 0 Å². The van der Waals surface area contributed by atoms with Crippen molar-refractivity contribution in [1.29, 1.82) is 0 Å². The first-order chi connectivity index (χ1) is 5.18. The van der Waals surface area contributed by atoms with Crippen LogP contribution in [0.3, 0.4) is 0 Å². The van der Waals surface area contributed by atoms with E-state index in [0.717, 1.165) is 12.8 Å². The van der Waals surface area contributed by atoms with E-state index in [1.807, 2.05) is 0 Å². The minimum Gasteiger partial charge on any atom is -0.308 e. The smallest absolute Gasteiger partial charge is 0.136 e. The second-order valence-electron chi connectivity index (χ2n) is 4.21. The largest absolute Gasteiger partial charge is 0.308 e. The normalized spacial score (nSPS) is 44.1. The average Bonchev–Trinajstić information content (AvgIpc) is 1.82. The van der Waals surface area contributed by atoms with E-state index in [9.17, 15) is 4.79 Å². The highest BCUT2D eigenvalue weighted by Gasteiger charge is 2.38. The van der Waals surface area contributed by atoms with Crippen LogP contribution in [0.25, 0.3) is 0 Å². The Bertz CT molecular complexity index is 190. The quantitative estimate of drug-likeness (QED) is 0.567. The average molecular weight is 153 g/mol. The van der Waals surface area contributed by atoms with Crippen molar-refractivity contribution >= 4 is 5.78 Å². The molecule has 0 aromatic rings. The van der Waals surface area contributed by atoms with E-state index < -0.39 is 0 Å². The van der Waals surface area contributed by atoms with Gasteiger partial charge in [-0.1, -0.05) is 6.42 Å². The van der Waals surface area contributed by atoms with Crippen molar-refractivity contribution in [3.8, 4) is 0 Å². The third kappa shape index (κ3) is 1.32. The number of rotatable bonds is 0. The zero-order valence-corrected chi connectivity index (χ0v) is 7.02. The fourth-order valence-corrected chi connectivity index (χ4v) is 2.45. The first-order valence-electron chi connectivity index (χ1n) is 4.47. The first-order valence-corrected chi connectivity index (χ1v) is 4.47. The summed E-state index contributed by atoms with van der Waals surface area (Å²) in [5, 5.41) is 3.54. The third-order valence-electron chi connectivity index (χ3n) is 2.90. The number of Topliss-reactive ketones (excluding diaryl/α,β-unsaturated/α-hetero) is 1. The van der Waals surface area contributed by atoms with Gasteiger partial charge in [-0.15, -0.1) is 0 Å². The molecule has 0 saturated carbocycles. The summed E-state index contributed by atoms with van der Waals surface area (Å²) in [5.41, 5.74) is 0.151. The first kappa shape index (κ1) is 7.29. The molecule has 2 atom stereocenters. The summed E-state index contributed by atoms with van der Waals surface area (Å²) in [6.45, 7) is 2.18. The summed E-state index contributed by atoms with van der Waals surface area (Å²) in [5.74, 6) is 0.455. The van der Waals surface area contributed by atoms with Crippen LogP contribution in [0, 0.1) is 0 Å². The van der Waals surface area contributed by atoms with E-state index in [2.05, 4.69) is 12.2 Å². The van der Waals surface area contributed by atoms with Gasteiger partial charge in [-0.2, -0.15) is 0 Å². The third-order valence-corrected chi connectivity index (χ3v) is 2.90. The zero-order chi connectivity index (χ0) is 7.90. The number of hydrogen-bond donors (Lipinski definition) is 1. The van der Waals surface area contributed by atoms with E-state index in [1.165, 1.54) is 19.3 Å². The fourth-order valence-electron chi connectivity index (χ4n) is 2.45. The maximum atomic E-state index is 11.2. The molecular weight excluding hydrogens is 138 g/mol. The summed E-state index contributed by atoms with van der Waals surface area (Å²) >= 11 is 0. The van der Waals surface area contributed by atoms with Crippen LogP contribution in [-0.4, -0.2) is 17.4 Å². The minimum atomic E-state index is 0.151. The molecular formula is C9H15NO. The molecule has 2 heteroatoms. The van der Waals surface area contributed by atoms with Gasteiger partial charge in [-0.25, -0.2) is 0 Å². The molecule has 0 aliphatic carbocycles. The molecule has 2 aliphatic rings. The van der Waals surface area contributed by atoms with Crippen LogP contribution < -0.4 is 5.32 Å². The van der Waals surface area contributed by atoms with E-state index in [1.54, 1.807) is 0 Å². The van der Waals surface area contributed by atoms with Crippen molar-refractivity contribution in [1.82, 2.24) is 5.32 Å². The van der Waals surface area contributed by atoms with Crippen LogP contribution in [0.15, 0.2) is 0 Å². The summed E-state index contributed by atoms with van der Waals surface area (Å²) in [7, 11) is 0. The maximum Gasteiger partial charge on any atom is 0.136 e. The molecule has 0 radical (unpaired) electrons. The molecule has 0 spiro atoms. The van der Waals surface area contributed by atoms with Crippen molar-refractivity contribution in [3.63, 3.8) is 0 Å². The van der Waals surface area contributed by atoms with Crippen LogP contribution in [0.5, 0.6) is 0 Å². The summed E-state index contributed by atoms with van der Waals surface area (Å²) in [6.07, 6.45) is 5.19. The van der Waals surface area contributed by atoms with Crippen molar-refractivity contribution in [2.24, 2.45) is 0 Å². The van der Waals surface area contributed by atoms with Crippen molar-refractivity contribution in [2.45, 2.75) is 50.6 Å². The number of carbonyl (C=O) groups is 1. The molecule has 2 rings (SSSR count). The van der Waals surface area contributed by atoms with Gasteiger partial charge in [0.15, 0.2) is 0 Å². The van der Waals surface area contributed by atoms with Crippen molar-refractivity contribution in [3.05, 3.63) is 0 Å². The number of hydrogen-bond acceptors (Lipinski definition) is 2. The van der Waals surface area contributed by atoms with Crippen LogP contribution in [0.1, 0.15) is 39.0 Å². The SMILES string of the molecule is C[C@@]12CCC[C@H](CC(=O)C1)N2. The molecule has 0 aromatic heterocycles. The Labute approximate surface area is 67.4 Å². The van der Waals surface area contributed by atoms with Gasteiger partial charge in [0.1, 0.15) is 5.78 Å². The Kier molecular flexibility index (Phi) is 1.53. The van der Waals surface area contributed by atoms with Gasteiger partial charge in [0.05, 0.1) is 0 Å². The van der Waals surface area contributed by atoms with E-state index in [-0.39, 0.29) is 5.54 Å². The number of fused-ring (bicyclic) bond motifs is 2. The molecule has 0 aromatic carbocycles. The van der Waals surface area contributed by atoms with E-state index in [0.29, 0.717) is 11.8 Å². The number of carbonyl (C=O) groups excluding carboxylic acids is 1. The van der Waals surface area contributed by atoms with Gasteiger partial charge in [0.2, 0.25) is 0 Å². The summed E-state index contributed by atoms with van der Waals surface area (Å²) in [4.78, 5) is 11.2. The minimum absolute atomic E-state index is 0.151. The van der Waals surface area contributed by atoms with Crippen LogP contribution in [-0.2, 0) is 4.79 Å². The van der Waals surface area contributed by atoms with Crippen molar-refractivity contribution < 1.29 is 4.79 Å². The predicted molar refractivity (Wildman–Crippen MR) is 43.4 cm³/mol. The zero-order valence-electron chi connectivity index (χ0n) is 7.02. The van der Waals surface area contributed by atoms with E-state index >= 15 is 0 Å². The second-order valence-corrected chi connectivity index (χ2v) is 4.21. The number of nitrogens with one attached hydrogen (secondary N) is 1. The Morgan fingerprint density at radius 3 is 3.18 bits per heavy atom. The molecule has 2 nitrogen and oxygen atoms in total. The molecule has 0 unspecified atom stereocenters. The van der Waals surface area contributed by atoms with Gasteiger partial charge in [0.25, 0.3) is 0 Å². The second kappa shape index (κ2) is 2.31. The summed E-state index contributed by atoms with van der Waals surface area (Å²) < 4.78 is 0. The standard InChI is InChI=1S/C9H15NO/c1-9-4-2-3-7(10-9)5-8(11)6-9/h7,10H,2-6H2,1H3/t7-,9-/m1/s1. The Morgan fingerprint density at radius 2 is 2.45 bits per heavy atom. The highest BCUT2D eigenvalue weighted by atomic mass is 16.1. The molecule has 2 aliphatic heterocycles. The molecule has 2 heterocycles. The van der Waals surface area contributed by atoms with Gasteiger partial charge < -0.3 is 5.32 Å².